The van der Waals surface area contributed by atoms with Crippen LogP contribution in [0.2, 0.25) is 0 Å². The Morgan fingerprint density at radius 1 is 1.39 bits per heavy atom. The first-order valence-electron chi connectivity index (χ1n) is 5.77. The summed E-state index contributed by atoms with van der Waals surface area (Å²) in [4.78, 5) is 11.4. The van der Waals surface area contributed by atoms with Crippen LogP contribution < -0.4 is 10.5 Å². The minimum atomic E-state index is -0.388. The molecular formula is C13H18BrNO3. The maximum atomic E-state index is 11.4. The Bertz CT molecular complexity index is 419. The lowest BCUT2D eigenvalue weighted by atomic mass is 10.1. The summed E-state index contributed by atoms with van der Waals surface area (Å²) >= 11 is 3.36. The summed E-state index contributed by atoms with van der Waals surface area (Å²) < 4.78 is 11.3. The Hall–Kier alpha value is -1.07. The van der Waals surface area contributed by atoms with E-state index >= 15 is 0 Å². The summed E-state index contributed by atoms with van der Waals surface area (Å²) in [6.45, 7) is 5.34. The van der Waals surface area contributed by atoms with Gasteiger partial charge in [-0.05, 0) is 32.9 Å². The third-order valence-electron chi connectivity index (χ3n) is 2.18. The van der Waals surface area contributed by atoms with Crippen LogP contribution in [-0.4, -0.2) is 18.7 Å². The summed E-state index contributed by atoms with van der Waals surface area (Å²) in [5.41, 5.74) is 6.70. The number of carbonyl (C=O) groups is 1. The van der Waals surface area contributed by atoms with Crippen LogP contribution in [0.25, 0.3) is 0 Å². The van der Waals surface area contributed by atoms with Crippen LogP contribution in [0.15, 0.2) is 22.7 Å². The maximum absolute atomic E-state index is 11.4. The summed E-state index contributed by atoms with van der Waals surface area (Å²) in [6.07, 6.45) is -0.142. The maximum Gasteiger partial charge on any atom is 0.344 e. The van der Waals surface area contributed by atoms with Crippen molar-refractivity contribution < 1.29 is 14.3 Å². The van der Waals surface area contributed by atoms with E-state index in [0.29, 0.717) is 5.75 Å². The molecule has 0 unspecified atom stereocenters. The zero-order valence-corrected chi connectivity index (χ0v) is 12.4. The highest BCUT2D eigenvalue weighted by Crippen LogP contribution is 2.27. The first-order chi connectivity index (χ1) is 8.40. The Balaban J connectivity index is 2.71. The predicted octanol–water partition coefficient (Wildman–Crippen LogP) is 2.80. The minimum Gasteiger partial charge on any atom is -0.482 e. The molecule has 5 heteroatoms. The van der Waals surface area contributed by atoms with Gasteiger partial charge in [-0.15, -0.1) is 0 Å². The molecule has 0 amide bonds. The van der Waals surface area contributed by atoms with Gasteiger partial charge < -0.3 is 15.2 Å². The van der Waals surface area contributed by atoms with Crippen LogP contribution >= 0.6 is 15.9 Å². The van der Waals surface area contributed by atoms with E-state index in [-0.39, 0.29) is 24.7 Å². The fraction of sp³-hybridized carbons (Fsp3) is 0.462. The molecule has 0 fully saturated rings. The number of esters is 1. The van der Waals surface area contributed by atoms with Crippen molar-refractivity contribution in [3.05, 3.63) is 28.2 Å². The highest BCUT2D eigenvalue weighted by atomic mass is 79.9. The molecule has 0 heterocycles. The number of hydrogen-bond donors (Lipinski definition) is 1. The highest BCUT2D eigenvalue weighted by Gasteiger charge is 2.12. The Morgan fingerprint density at radius 3 is 2.61 bits per heavy atom. The molecule has 4 nitrogen and oxygen atoms in total. The summed E-state index contributed by atoms with van der Waals surface area (Å²) in [5.74, 6) is 0.209. The van der Waals surface area contributed by atoms with Crippen molar-refractivity contribution in [1.82, 2.24) is 0 Å². The van der Waals surface area contributed by atoms with Crippen molar-refractivity contribution in [3.63, 3.8) is 0 Å². The normalized spacial score (nSPS) is 12.3. The quantitative estimate of drug-likeness (QED) is 0.849. The standard InChI is InChI=1S/C13H18BrNO3/c1-8(2)18-13(16)7-17-12-6-10(14)4-5-11(12)9(3)15/h4-6,8-9H,7,15H2,1-3H3/t9-/m0/s1. The second-order valence-electron chi connectivity index (χ2n) is 4.30. The smallest absolute Gasteiger partial charge is 0.344 e. The van der Waals surface area contributed by atoms with Gasteiger partial charge in [0.05, 0.1) is 6.10 Å². The van der Waals surface area contributed by atoms with Crippen LogP contribution in [0.1, 0.15) is 32.4 Å². The van der Waals surface area contributed by atoms with Crippen molar-refractivity contribution in [3.8, 4) is 5.75 Å². The van der Waals surface area contributed by atoms with Gasteiger partial charge in [-0.2, -0.15) is 0 Å². The van der Waals surface area contributed by atoms with Crippen LogP contribution in [0, 0.1) is 0 Å². The van der Waals surface area contributed by atoms with Gasteiger partial charge in [-0.1, -0.05) is 22.0 Å². The molecule has 18 heavy (non-hydrogen) atoms. The Labute approximate surface area is 116 Å². The van der Waals surface area contributed by atoms with E-state index in [1.807, 2.05) is 19.1 Å². The second-order valence-corrected chi connectivity index (χ2v) is 5.21. The van der Waals surface area contributed by atoms with Gasteiger partial charge in [0.2, 0.25) is 0 Å². The zero-order chi connectivity index (χ0) is 13.7. The largest absolute Gasteiger partial charge is 0.482 e. The molecule has 1 aromatic rings. The number of nitrogens with two attached hydrogens (primary N) is 1. The molecule has 0 spiro atoms. The number of ether oxygens (including phenoxy) is 2. The minimum absolute atomic E-state index is 0.117. The van der Waals surface area contributed by atoms with Crippen molar-refractivity contribution in [2.75, 3.05) is 6.61 Å². The number of hydrogen-bond acceptors (Lipinski definition) is 4. The van der Waals surface area contributed by atoms with E-state index in [1.165, 1.54) is 0 Å². The summed E-state index contributed by atoms with van der Waals surface area (Å²) in [5, 5.41) is 0. The average molecular weight is 316 g/mol. The molecule has 2 N–H and O–H groups in total. The molecule has 0 aromatic heterocycles. The molecule has 1 atom stereocenters. The lowest BCUT2D eigenvalue weighted by Gasteiger charge is -2.14. The fourth-order valence-corrected chi connectivity index (χ4v) is 1.78. The van der Waals surface area contributed by atoms with Crippen LogP contribution in [0.3, 0.4) is 0 Å². The van der Waals surface area contributed by atoms with Gasteiger partial charge in [-0.25, -0.2) is 4.79 Å². The molecule has 100 valence electrons. The van der Waals surface area contributed by atoms with Crippen LogP contribution in [-0.2, 0) is 9.53 Å². The lowest BCUT2D eigenvalue weighted by molar-refractivity contribution is -0.149. The summed E-state index contributed by atoms with van der Waals surface area (Å²) in [6, 6.07) is 5.39. The average Bonchev–Trinajstić information content (AvgIpc) is 2.25. The van der Waals surface area contributed by atoms with E-state index in [0.717, 1.165) is 10.0 Å². The Kier molecular flexibility index (Phi) is 5.62. The van der Waals surface area contributed by atoms with E-state index in [1.54, 1.807) is 19.9 Å². The number of halogens is 1. The molecule has 0 radical (unpaired) electrons. The van der Waals surface area contributed by atoms with Crippen LogP contribution in [0.4, 0.5) is 0 Å². The summed E-state index contributed by atoms with van der Waals surface area (Å²) in [7, 11) is 0. The number of benzene rings is 1. The van der Waals surface area contributed by atoms with Gasteiger partial charge in [-0.3, -0.25) is 0 Å². The molecular weight excluding hydrogens is 298 g/mol. The first kappa shape index (κ1) is 15.0. The van der Waals surface area contributed by atoms with Crippen molar-refractivity contribution in [2.24, 2.45) is 5.73 Å². The fourth-order valence-electron chi connectivity index (χ4n) is 1.44. The molecule has 0 saturated heterocycles. The van der Waals surface area contributed by atoms with Gasteiger partial charge in [0.25, 0.3) is 0 Å². The molecule has 0 aliphatic heterocycles. The SMILES string of the molecule is CC(C)OC(=O)COc1cc(Br)ccc1[C@H](C)N. The van der Waals surface area contributed by atoms with E-state index < -0.39 is 0 Å². The third-order valence-corrected chi connectivity index (χ3v) is 2.67. The monoisotopic (exact) mass is 315 g/mol. The molecule has 1 rings (SSSR count). The third kappa shape index (κ3) is 4.66. The van der Waals surface area contributed by atoms with E-state index in [9.17, 15) is 4.79 Å². The van der Waals surface area contributed by atoms with Gasteiger partial charge in [0.1, 0.15) is 5.75 Å². The molecule has 0 saturated carbocycles. The predicted molar refractivity (Wildman–Crippen MR) is 73.5 cm³/mol. The van der Waals surface area contributed by atoms with Gasteiger partial charge in [0.15, 0.2) is 6.61 Å². The lowest BCUT2D eigenvalue weighted by Crippen LogP contribution is -2.19. The topological polar surface area (TPSA) is 61.5 Å². The highest BCUT2D eigenvalue weighted by molar-refractivity contribution is 9.10. The molecule has 0 aliphatic rings. The van der Waals surface area contributed by atoms with Gasteiger partial charge >= 0.3 is 5.97 Å². The van der Waals surface area contributed by atoms with Crippen molar-refractivity contribution >= 4 is 21.9 Å². The van der Waals surface area contributed by atoms with E-state index in [2.05, 4.69) is 15.9 Å². The Morgan fingerprint density at radius 2 is 2.06 bits per heavy atom. The first-order valence-corrected chi connectivity index (χ1v) is 6.56. The van der Waals surface area contributed by atoms with Crippen LogP contribution in [0.5, 0.6) is 5.75 Å². The molecule has 0 bridgehead atoms. The molecule has 1 aromatic carbocycles. The number of rotatable bonds is 5. The van der Waals surface area contributed by atoms with E-state index in [4.69, 9.17) is 15.2 Å². The zero-order valence-electron chi connectivity index (χ0n) is 10.8. The van der Waals surface area contributed by atoms with Gasteiger partial charge in [0, 0.05) is 16.1 Å². The van der Waals surface area contributed by atoms with Crippen molar-refractivity contribution in [1.29, 1.82) is 0 Å². The second kappa shape index (κ2) is 6.75. The number of carbonyl (C=O) groups excluding carboxylic acids is 1. The molecule has 0 aliphatic carbocycles. The van der Waals surface area contributed by atoms with Crippen molar-refractivity contribution in [2.45, 2.75) is 32.9 Å².